The van der Waals surface area contributed by atoms with E-state index in [1.165, 1.54) is 4.90 Å². The number of aliphatic hydroxyl groups excluding tert-OH is 1. The molecule has 0 aromatic heterocycles. The van der Waals surface area contributed by atoms with Crippen LogP contribution in [-0.2, 0) is 9.59 Å². The molecule has 0 aliphatic carbocycles. The predicted molar refractivity (Wildman–Crippen MR) is 103 cm³/mol. The first-order chi connectivity index (χ1) is 12.3. The molecule has 0 saturated carbocycles. The number of amides is 1. The van der Waals surface area contributed by atoms with Crippen molar-refractivity contribution in [2.24, 2.45) is 0 Å². The number of hydrogen-bond donors (Lipinski definition) is 1. The maximum absolute atomic E-state index is 12.8. The molecule has 1 atom stereocenters. The molecular weight excluding hydrogens is 373 g/mol. The van der Waals surface area contributed by atoms with E-state index in [1.807, 2.05) is 31.2 Å². The smallest absolute Gasteiger partial charge is 0.294 e. The Morgan fingerprint density at radius 2 is 1.88 bits per heavy atom. The molecule has 6 heteroatoms. The summed E-state index contributed by atoms with van der Waals surface area (Å²) in [6.07, 6.45) is 0.185. The van der Waals surface area contributed by atoms with Gasteiger partial charge in [-0.1, -0.05) is 60.0 Å². The molecule has 1 heterocycles. The molecule has 0 bridgehead atoms. The van der Waals surface area contributed by atoms with Gasteiger partial charge in [-0.2, -0.15) is 0 Å². The minimum atomic E-state index is -0.716. The fourth-order valence-corrected chi connectivity index (χ4v) is 3.43. The Morgan fingerprint density at radius 1 is 1.15 bits per heavy atom. The molecule has 0 fully saturated rings. The van der Waals surface area contributed by atoms with Crippen molar-refractivity contribution in [2.45, 2.75) is 26.3 Å². The molecule has 1 unspecified atom stereocenters. The number of aryl methyl sites for hydroxylation is 1. The summed E-state index contributed by atoms with van der Waals surface area (Å²) in [6.45, 7) is 3.62. The lowest BCUT2D eigenvalue weighted by atomic mass is 9.94. The number of benzene rings is 2. The lowest BCUT2D eigenvalue weighted by Gasteiger charge is -2.27. The van der Waals surface area contributed by atoms with Crippen LogP contribution in [0.3, 0.4) is 0 Å². The number of Topliss-reactive ketones (excluding diaryl/α,β-unsaturated/α-hetero) is 1. The quantitative estimate of drug-likeness (QED) is 0.783. The highest BCUT2D eigenvalue weighted by molar-refractivity contribution is 6.42. The molecule has 1 amide bonds. The van der Waals surface area contributed by atoms with E-state index in [2.05, 4.69) is 0 Å². The summed E-state index contributed by atoms with van der Waals surface area (Å²) < 4.78 is 0. The van der Waals surface area contributed by atoms with E-state index in [9.17, 15) is 14.7 Å². The van der Waals surface area contributed by atoms with Crippen molar-refractivity contribution in [3.63, 3.8) is 0 Å². The van der Waals surface area contributed by atoms with Gasteiger partial charge in [-0.05, 0) is 30.7 Å². The number of halogens is 2. The number of rotatable bonds is 4. The van der Waals surface area contributed by atoms with Gasteiger partial charge in [-0.15, -0.1) is 0 Å². The fraction of sp³-hybridized carbons (Fsp3) is 0.200. The van der Waals surface area contributed by atoms with Crippen molar-refractivity contribution < 1.29 is 14.7 Å². The molecule has 0 saturated heterocycles. The van der Waals surface area contributed by atoms with Crippen LogP contribution in [0, 0.1) is 6.92 Å². The van der Waals surface area contributed by atoms with Crippen molar-refractivity contribution in [3.8, 4) is 0 Å². The first kappa shape index (κ1) is 18.5. The molecule has 1 aliphatic rings. The van der Waals surface area contributed by atoms with Gasteiger partial charge in [-0.3, -0.25) is 14.5 Å². The van der Waals surface area contributed by atoms with Crippen LogP contribution in [0.1, 0.15) is 30.5 Å². The summed E-state index contributed by atoms with van der Waals surface area (Å²) >= 11 is 12.1. The van der Waals surface area contributed by atoms with Gasteiger partial charge in [0, 0.05) is 12.1 Å². The molecular formula is C20H17Cl2NO3. The van der Waals surface area contributed by atoms with Crippen molar-refractivity contribution in [1.29, 1.82) is 0 Å². The van der Waals surface area contributed by atoms with E-state index in [0.717, 1.165) is 11.1 Å². The van der Waals surface area contributed by atoms with Gasteiger partial charge in [-0.25, -0.2) is 0 Å². The van der Waals surface area contributed by atoms with E-state index in [1.54, 1.807) is 25.1 Å². The summed E-state index contributed by atoms with van der Waals surface area (Å²) in [5, 5.41) is 11.1. The van der Waals surface area contributed by atoms with Gasteiger partial charge in [0.25, 0.3) is 5.91 Å². The Kier molecular flexibility index (Phi) is 5.08. The number of anilines is 1. The minimum Gasteiger partial charge on any atom is -0.503 e. The lowest BCUT2D eigenvalue weighted by Crippen LogP contribution is -2.31. The number of hydrogen-bond acceptors (Lipinski definition) is 3. The zero-order valence-electron chi connectivity index (χ0n) is 14.3. The Bertz CT molecular complexity index is 936. The van der Waals surface area contributed by atoms with Crippen LogP contribution in [-0.4, -0.2) is 16.8 Å². The molecule has 0 radical (unpaired) electrons. The Morgan fingerprint density at radius 3 is 2.50 bits per heavy atom. The molecule has 3 rings (SSSR count). The van der Waals surface area contributed by atoms with E-state index in [-0.39, 0.29) is 22.8 Å². The second-order valence-corrected chi connectivity index (χ2v) is 6.94. The second-order valence-electron chi connectivity index (χ2n) is 6.13. The van der Waals surface area contributed by atoms with Crippen LogP contribution >= 0.6 is 23.2 Å². The second kappa shape index (κ2) is 7.14. The van der Waals surface area contributed by atoms with Gasteiger partial charge >= 0.3 is 0 Å². The van der Waals surface area contributed by atoms with Crippen molar-refractivity contribution in [3.05, 3.63) is 75.0 Å². The predicted octanol–water partition coefficient (Wildman–Crippen LogP) is 5.18. The first-order valence-corrected chi connectivity index (χ1v) is 8.92. The Balaban J connectivity index is 2.20. The standard InChI is InChI=1S/C20H17Cl2NO3/c1-3-16(24)17-18(12-6-4-5-11(2)9-12)23(20(26)19(17)25)13-7-8-14(21)15(22)10-13/h4-10,18,25H,3H2,1-2H3. The van der Waals surface area contributed by atoms with E-state index in [0.29, 0.717) is 10.7 Å². The normalized spacial score (nSPS) is 17.2. The highest BCUT2D eigenvalue weighted by atomic mass is 35.5. The highest BCUT2D eigenvalue weighted by Gasteiger charge is 2.43. The SMILES string of the molecule is CCC(=O)C1=C(O)C(=O)N(c2ccc(Cl)c(Cl)c2)C1c1cccc(C)c1. The average Bonchev–Trinajstić information content (AvgIpc) is 2.88. The molecule has 134 valence electrons. The maximum atomic E-state index is 12.8. The molecule has 0 spiro atoms. The third kappa shape index (κ3) is 3.11. The van der Waals surface area contributed by atoms with E-state index >= 15 is 0 Å². The van der Waals surface area contributed by atoms with Gasteiger partial charge < -0.3 is 5.11 Å². The Hall–Kier alpha value is -2.30. The van der Waals surface area contributed by atoms with Crippen molar-refractivity contribution in [1.82, 2.24) is 0 Å². The average molecular weight is 390 g/mol. The third-order valence-electron chi connectivity index (χ3n) is 4.37. The van der Waals surface area contributed by atoms with Crippen LogP contribution in [0.25, 0.3) is 0 Å². The highest BCUT2D eigenvalue weighted by Crippen LogP contribution is 2.42. The Labute approximate surface area is 161 Å². The topological polar surface area (TPSA) is 57.6 Å². The van der Waals surface area contributed by atoms with Crippen LogP contribution in [0.5, 0.6) is 0 Å². The molecule has 1 N–H and O–H groups in total. The first-order valence-electron chi connectivity index (χ1n) is 8.16. The number of nitrogens with zero attached hydrogens (tertiary/aromatic N) is 1. The zero-order valence-corrected chi connectivity index (χ0v) is 15.8. The summed E-state index contributed by atoms with van der Waals surface area (Å²) in [4.78, 5) is 26.7. The maximum Gasteiger partial charge on any atom is 0.294 e. The number of aliphatic hydroxyl groups is 1. The van der Waals surface area contributed by atoms with Crippen molar-refractivity contribution >= 4 is 40.6 Å². The fourth-order valence-electron chi connectivity index (χ4n) is 3.14. The molecule has 2 aromatic rings. The van der Waals surface area contributed by atoms with Gasteiger partial charge in [0.05, 0.1) is 21.7 Å². The van der Waals surface area contributed by atoms with Gasteiger partial charge in [0.1, 0.15) is 0 Å². The zero-order chi connectivity index (χ0) is 19.0. The molecule has 1 aliphatic heterocycles. The van der Waals surface area contributed by atoms with Crippen LogP contribution in [0.2, 0.25) is 10.0 Å². The minimum absolute atomic E-state index is 0.106. The molecule has 4 nitrogen and oxygen atoms in total. The summed E-state index contributed by atoms with van der Waals surface area (Å²) in [7, 11) is 0. The van der Waals surface area contributed by atoms with Crippen LogP contribution in [0.15, 0.2) is 53.8 Å². The molecule has 2 aromatic carbocycles. The van der Waals surface area contributed by atoms with Crippen LogP contribution < -0.4 is 4.90 Å². The van der Waals surface area contributed by atoms with Crippen molar-refractivity contribution in [2.75, 3.05) is 4.90 Å². The monoisotopic (exact) mass is 389 g/mol. The number of ketones is 1. The summed E-state index contributed by atoms with van der Waals surface area (Å²) in [6, 6.07) is 11.6. The summed E-state index contributed by atoms with van der Waals surface area (Å²) in [5.74, 6) is -1.42. The largest absolute Gasteiger partial charge is 0.503 e. The lowest BCUT2D eigenvalue weighted by molar-refractivity contribution is -0.118. The summed E-state index contributed by atoms with van der Waals surface area (Å²) in [5.41, 5.74) is 2.29. The van der Waals surface area contributed by atoms with Gasteiger partial charge in [0.2, 0.25) is 0 Å². The van der Waals surface area contributed by atoms with E-state index in [4.69, 9.17) is 23.2 Å². The number of carbonyl (C=O) groups is 2. The van der Waals surface area contributed by atoms with Gasteiger partial charge in [0.15, 0.2) is 11.5 Å². The third-order valence-corrected chi connectivity index (χ3v) is 5.11. The van der Waals surface area contributed by atoms with Crippen LogP contribution in [0.4, 0.5) is 5.69 Å². The number of carbonyl (C=O) groups excluding carboxylic acids is 2. The van der Waals surface area contributed by atoms with E-state index < -0.39 is 17.7 Å². The molecule has 26 heavy (non-hydrogen) atoms.